The number of anilines is 1. The maximum absolute atomic E-state index is 12.6. The van der Waals surface area contributed by atoms with Crippen molar-refractivity contribution < 1.29 is 28.6 Å². The molecule has 0 heterocycles. The molecule has 9 heteroatoms. The first-order chi connectivity index (χ1) is 16.9. The maximum atomic E-state index is 12.6. The van der Waals surface area contributed by atoms with Gasteiger partial charge in [-0.1, -0.05) is 24.3 Å². The zero-order valence-electron chi connectivity index (χ0n) is 19.5. The van der Waals surface area contributed by atoms with Gasteiger partial charge in [-0.3, -0.25) is 14.4 Å². The van der Waals surface area contributed by atoms with Gasteiger partial charge in [-0.2, -0.15) is 0 Å². The summed E-state index contributed by atoms with van der Waals surface area (Å²) >= 11 is 0. The fraction of sp³-hybridized carbons (Fsp3) is 0.192. The highest BCUT2D eigenvalue weighted by Crippen LogP contribution is 2.28. The maximum Gasteiger partial charge on any atom is 0.262 e. The van der Waals surface area contributed by atoms with Gasteiger partial charge in [0.25, 0.3) is 11.8 Å². The Hall–Kier alpha value is -4.53. The number of amides is 3. The van der Waals surface area contributed by atoms with E-state index in [1.807, 2.05) is 6.07 Å². The zero-order valence-corrected chi connectivity index (χ0v) is 19.5. The smallest absolute Gasteiger partial charge is 0.262 e. The largest absolute Gasteiger partial charge is 0.495 e. The number of carbonyl (C=O) groups excluding carboxylic acids is 3. The van der Waals surface area contributed by atoms with Crippen LogP contribution >= 0.6 is 0 Å². The van der Waals surface area contributed by atoms with E-state index in [2.05, 4.69) is 10.6 Å². The first-order valence-electron chi connectivity index (χ1n) is 10.8. The van der Waals surface area contributed by atoms with Crippen molar-refractivity contribution in [2.45, 2.75) is 6.42 Å². The lowest BCUT2D eigenvalue weighted by molar-refractivity contribution is -0.118. The molecule has 3 aromatic rings. The van der Waals surface area contributed by atoms with E-state index >= 15 is 0 Å². The molecule has 0 saturated carbocycles. The number of primary amides is 1. The Morgan fingerprint density at radius 2 is 1.60 bits per heavy atom. The number of rotatable bonds is 11. The predicted molar refractivity (Wildman–Crippen MR) is 131 cm³/mol. The number of hydrogen-bond acceptors (Lipinski definition) is 6. The van der Waals surface area contributed by atoms with Crippen molar-refractivity contribution in [3.63, 3.8) is 0 Å². The van der Waals surface area contributed by atoms with Crippen molar-refractivity contribution in [1.82, 2.24) is 5.32 Å². The highest BCUT2D eigenvalue weighted by molar-refractivity contribution is 5.95. The van der Waals surface area contributed by atoms with Crippen LogP contribution < -0.4 is 30.6 Å². The van der Waals surface area contributed by atoms with Gasteiger partial charge in [0, 0.05) is 17.7 Å². The van der Waals surface area contributed by atoms with Crippen LogP contribution in [0.1, 0.15) is 26.3 Å². The molecule has 0 unspecified atom stereocenters. The average molecular weight is 478 g/mol. The zero-order chi connectivity index (χ0) is 25.2. The summed E-state index contributed by atoms with van der Waals surface area (Å²) in [5, 5.41) is 5.55. The molecule has 0 aromatic heterocycles. The number of nitrogens with two attached hydrogens (primary N) is 1. The molecule has 3 amide bonds. The molecule has 182 valence electrons. The molecular formula is C26H27N3O6. The Bertz CT molecular complexity index is 1210. The van der Waals surface area contributed by atoms with Crippen LogP contribution in [0.4, 0.5) is 5.69 Å². The van der Waals surface area contributed by atoms with E-state index in [1.165, 1.54) is 20.3 Å². The summed E-state index contributed by atoms with van der Waals surface area (Å²) in [5.41, 5.74) is 7.51. The molecule has 0 saturated heterocycles. The fourth-order valence-corrected chi connectivity index (χ4v) is 3.31. The summed E-state index contributed by atoms with van der Waals surface area (Å²) in [6.07, 6.45) is 0.534. The molecule has 9 nitrogen and oxygen atoms in total. The third-order valence-electron chi connectivity index (χ3n) is 5.08. The quantitative estimate of drug-likeness (QED) is 0.390. The second-order valence-electron chi connectivity index (χ2n) is 7.47. The summed E-state index contributed by atoms with van der Waals surface area (Å²) in [6.45, 7) is 0.106. The SMILES string of the molecule is COc1ccccc1NC(=O)COc1ccc(C(=O)NCCc2cccc(C(N)=O)c2)cc1OC. The number of carbonyl (C=O) groups is 3. The third-order valence-corrected chi connectivity index (χ3v) is 5.08. The van der Waals surface area contributed by atoms with Gasteiger partial charge in [-0.25, -0.2) is 0 Å². The molecular weight excluding hydrogens is 450 g/mol. The standard InChI is InChI=1S/C26H27N3O6/c1-33-21-9-4-3-8-20(21)29-24(30)16-35-22-11-10-19(15-23(22)34-2)26(32)28-13-12-17-6-5-7-18(14-17)25(27)31/h3-11,14-15H,12-13,16H2,1-2H3,(H2,27,31)(H,28,32)(H,29,30). The number of nitrogens with one attached hydrogen (secondary N) is 2. The Morgan fingerprint density at radius 1 is 0.829 bits per heavy atom. The number of para-hydroxylation sites is 2. The number of benzene rings is 3. The van der Waals surface area contributed by atoms with Crippen LogP contribution in [0.15, 0.2) is 66.7 Å². The van der Waals surface area contributed by atoms with E-state index in [4.69, 9.17) is 19.9 Å². The van der Waals surface area contributed by atoms with E-state index in [9.17, 15) is 14.4 Å². The Balaban J connectivity index is 1.55. The highest BCUT2D eigenvalue weighted by Gasteiger charge is 2.13. The molecule has 0 spiro atoms. The third kappa shape index (κ3) is 6.97. The Morgan fingerprint density at radius 3 is 2.34 bits per heavy atom. The summed E-state index contributed by atoms with van der Waals surface area (Å²) in [6, 6.07) is 18.7. The van der Waals surface area contributed by atoms with Gasteiger partial charge in [0.1, 0.15) is 5.75 Å². The minimum absolute atomic E-state index is 0.260. The van der Waals surface area contributed by atoms with E-state index in [-0.39, 0.29) is 18.4 Å². The van der Waals surface area contributed by atoms with Crippen LogP contribution in [0.5, 0.6) is 17.2 Å². The Kier molecular flexibility index (Phi) is 8.66. The summed E-state index contributed by atoms with van der Waals surface area (Å²) < 4.78 is 16.1. The van der Waals surface area contributed by atoms with Crippen molar-refractivity contribution in [2.24, 2.45) is 5.73 Å². The summed E-state index contributed by atoms with van der Waals surface area (Å²) in [4.78, 5) is 36.2. The molecule has 0 aliphatic rings. The highest BCUT2D eigenvalue weighted by atomic mass is 16.5. The number of ether oxygens (including phenoxy) is 3. The van der Waals surface area contributed by atoms with E-state index in [1.54, 1.807) is 54.6 Å². The molecule has 0 radical (unpaired) electrons. The first kappa shape index (κ1) is 25.1. The minimum atomic E-state index is -0.498. The van der Waals surface area contributed by atoms with Gasteiger partial charge < -0.3 is 30.6 Å². The second kappa shape index (κ2) is 12.1. The molecule has 0 aliphatic carbocycles. The van der Waals surface area contributed by atoms with Crippen LogP contribution in [0.2, 0.25) is 0 Å². The van der Waals surface area contributed by atoms with Gasteiger partial charge >= 0.3 is 0 Å². The molecule has 0 bridgehead atoms. The van der Waals surface area contributed by atoms with Gasteiger partial charge in [0.15, 0.2) is 18.1 Å². The monoisotopic (exact) mass is 477 g/mol. The molecule has 35 heavy (non-hydrogen) atoms. The topological polar surface area (TPSA) is 129 Å². The van der Waals surface area contributed by atoms with Gasteiger partial charge in [-0.15, -0.1) is 0 Å². The van der Waals surface area contributed by atoms with E-state index in [0.29, 0.717) is 47.0 Å². The lowest BCUT2D eigenvalue weighted by atomic mass is 10.1. The van der Waals surface area contributed by atoms with Crippen molar-refractivity contribution in [3.8, 4) is 17.2 Å². The molecule has 3 rings (SSSR count). The van der Waals surface area contributed by atoms with Crippen LogP contribution in [0.25, 0.3) is 0 Å². The molecule has 0 aliphatic heterocycles. The summed E-state index contributed by atoms with van der Waals surface area (Å²) in [7, 11) is 2.97. The Labute approximate surface area is 203 Å². The van der Waals surface area contributed by atoms with Crippen LogP contribution in [0, 0.1) is 0 Å². The van der Waals surface area contributed by atoms with Crippen molar-refractivity contribution >= 4 is 23.4 Å². The molecule has 3 aromatic carbocycles. The first-order valence-corrected chi connectivity index (χ1v) is 10.8. The van der Waals surface area contributed by atoms with Crippen LogP contribution in [-0.2, 0) is 11.2 Å². The molecule has 0 atom stereocenters. The van der Waals surface area contributed by atoms with Crippen molar-refractivity contribution in [1.29, 1.82) is 0 Å². The van der Waals surface area contributed by atoms with Gasteiger partial charge in [0.2, 0.25) is 5.91 Å². The van der Waals surface area contributed by atoms with Crippen LogP contribution in [-0.4, -0.2) is 45.1 Å². The average Bonchev–Trinajstić information content (AvgIpc) is 2.87. The molecule has 0 fully saturated rings. The van der Waals surface area contributed by atoms with Gasteiger partial charge in [-0.05, 0) is 54.4 Å². The van der Waals surface area contributed by atoms with Crippen molar-refractivity contribution in [3.05, 3.63) is 83.4 Å². The van der Waals surface area contributed by atoms with Gasteiger partial charge in [0.05, 0.1) is 19.9 Å². The normalized spacial score (nSPS) is 10.2. The lowest BCUT2D eigenvalue weighted by Crippen LogP contribution is -2.26. The lowest BCUT2D eigenvalue weighted by Gasteiger charge is -2.13. The van der Waals surface area contributed by atoms with Crippen LogP contribution in [0.3, 0.4) is 0 Å². The summed E-state index contributed by atoms with van der Waals surface area (Å²) in [5.74, 6) is 0.00456. The fourth-order valence-electron chi connectivity index (χ4n) is 3.31. The number of hydrogen-bond donors (Lipinski definition) is 3. The van der Waals surface area contributed by atoms with Crippen molar-refractivity contribution in [2.75, 3.05) is 32.7 Å². The molecule has 4 N–H and O–H groups in total. The number of methoxy groups -OCH3 is 2. The minimum Gasteiger partial charge on any atom is -0.495 e. The van der Waals surface area contributed by atoms with E-state index < -0.39 is 5.91 Å². The predicted octanol–water partition coefficient (Wildman–Crippen LogP) is 2.79. The van der Waals surface area contributed by atoms with E-state index in [0.717, 1.165) is 5.56 Å². The second-order valence-corrected chi connectivity index (χ2v) is 7.47.